The lowest BCUT2D eigenvalue weighted by Gasteiger charge is -2.55. The van der Waals surface area contributed by atoms with Crippen molar-refractivity contribution in [2.75, 3.05) is 20.1 Å². The maximum absolute atomic E-state index is 12.7. The molecule has 1 aliphatic carbocycles. The molecule has 5 heteroatoms. The van der Waals surface area contributed by atoms with Crippen molar-refractivity contribution in [2.45, 2.75) is 46.1 Å². The molecule has 1 aromatic rings. The third-order valence-electron chi connectivity index (χ3n) is 6.77. The molecule has 2 bridgehead atoms. The monoisotopic (exact) mass is 446 g/mol. The number of likely N-dealkylation sites (tertiary alicyclic amines) is 1. The minimum absolute atomic E-state index is 0.0139. The van der Waals surface area contributed by atoms with E-state index in [2.05, 4.69) is 50.7 Å². The molecule has 2 aliphatic rings. The third kappa shape index (κ3) is 4.69. The average Bonchev–Trinajstić information content (AvgIpc) is 2.68. The van der Waals surface area contributed by atoms with Gasteiger partial charge in [-0.2, -0.15) is 0 Å². The molecule has 0 aromatic heterocycles. The van der Waals surface area contributed by atoms with Crippen molar-refractivity contribution >= 4 is 29.1 Å². The molecule has 1 aromatic carbocycles. The Balaban J connectivity index is 1.79. The van der Waals surface area contributed by atoms with E-state index in [1.165, 1.54) is 16.7 Å². The van der Waals surface area contributed by atoms with Gasteiger partial charge in [-0.25, -0.2) is 0 Å². The average molecular weight is 447 g/mol. The number of carbonyl (C=O) groups excluding carboxylic acids is 1. The second-order valence-corrected chi connectivity index (χ2v) is 9.93. The summed E-state index contributed by atoms with van der Waals surface area (Å²) in [5, 5.41) is 4.19. The van der Waals surface area contributed by atoms with Crippen LogP contribution >= 0.6 is 23.2 Å². The van der Waals surface area contributed by atoms with Crippen LogP contribution in [0, 0.1) is 11.3 Å². The molecule has 0 spiro atoms. The zero-order chi connectivity index (χ0) is 22.1. The zero-order valence-corrected chi connectivity index (χ0v) is 19.9. The number of rotatable bonds is 6. The lowest BCUT2D eigenvalue weighted by atomic mass is 9.58. The second kappa shape index (κ2) is 9.30. The van der Waals surface area contributed by atoms with Gasteiger partial charge in [0.2, 0.25) is 5.91 Å². The summed E-state index contributed by atoms with van der Waals surface area (Å²) in [6, 6.07) is 5.75. The zero-order valence-electron chi connectivity index (χ0n) is 18.4. The third-order valence-corrected chi connectivity index (χ3v) is 7.51. The summed E-state index contributed by atoms with van der Waals surface area (Å²) in [7, 11) is 2.20. The number of fused-ring (bicyclic) bond motifs is 2. The first kappa shape index (κ1) is 23.1. The summed E-state index contributed by atoms with van der Waals surface area (Å²) in [6.07, 6.45) is 6.70. The van der Waals surface area contributed by atoms with Gasteiger partial charge in [0.05, 0.1) is 16.5 Å². The van der Waals surface area contributed by atoms with Crippen molar-refractivity contribution in [1.29, 1.82) is 0 Å². The molecule has 0 saturated carbocycles. The number of amides is 1. The quantitative estimate of drug-likeness (QED) is 0.595. The predicted octanol–water partition coefficient (Wildman–Crippen LogP) is 5.83. The fourth-order valence-corrected chi connectivity index (χ4v) is 5.37. The number of piperidine rings is 1. The highest BCUT2D eigenvalue weighted by Crippen LogP contribution is 2.52. The number of allylic oxidation sites excluding steroid dienone is 4. The van der Waals surface area contributed by atoms with Gasteiger partial charge >= 0.3 is 0 Å². The van der Waals surface area contributed by atoms with E-state index in [9.17, 15) is 4.79 Å². The number of benzene rings is 1. The summed E-state index contributed by atoms with van der Waals surface area (Å²) in [6.45, 7) is 12.5. The van der Waals surface area contributed by atoms with Crippen LogP contribution in [-0.4, -0.2) is 37.0 Å². The molecule has 3 nitrogen and oxygen atoms in total. The number of halogens is 2. The van der Waals surface area contributed by atoms with Gasteiger partial charge in [-0.05, 0) is 74.5 Å². The molecule has 1 N–H and O–H groups in total. The van der Waals surface area contributed by atoms with Gasteiger partial charge in [-0.15, -0.1) is 0 Å². The lowest BCUT2D eigenvalue weighted by Crippen LogP contribution is -2.58. The van der Waals surface area contributed by atoms with Gasteiger partial charge in [0.1, 0.15) is 0 Å². The van der Waals surface area contributed by atoms with E-state index < -0.39 is 0 Å². The van der Waals surface area contributed by atoms with E-state index in [1.807, 2.05) is 12.1 Å². The fourth-order valence-electron chi connectivity index (χ4n) is 5.05. The first-order valence-corrected chi connectivity index (χ1v) is 11.3. The maximum Gasteiger partial charge on any atom is 0.224 e. The van der Waals surface area contributed by atoms with Crippen molar-refractivity contribution < 1.29 is 4.79 Å². The number of carbonyl (C=O) groups is 1. The minimum atomic E-state index is 0.0139. The van der Waals surface area contributed by atoms with Crippen molar-refractivity contribution in [1.82, 2.24) is 10.2 Å². The predicted molar refractivity (Wildman–Crippen MR) is 127 cm³/mol. The first-order chi connectivity index (χ1) is 14.2. The molecular formula is C25H32Cl2N2O. The van der Waals surface area contributed by atoms with Crippen molar-refractivity contribution in [3.8, 4) is 0 Å². The van der Waals surface area contributed by atoms with E-state index in [-0.39, 0.29) is 11.3 Å². The van der Waals surface area contributed by atoms with Crippen LogP contribution in [0.3, 0.4) is 0 Å². The van der Waals surface area contributed by atoms with Crippen LogP contribution in [0.5, 0.6) is 0 Å². The molecular weight excluding hydrogens is 415 g/mol. The smallest absolute Gasteiger partial charge is 0.224 e. The van der Waals surface area contributed by atoms with Gasteiger partial charge < -0.3 is 10.2 Å². The van der Waals surface area contributed by atoms with Crippen molar-refractivity contribution in [2.24, 2.45) is 11.3 Å². The summed E-state index contributed by atoms with van der Waals surface area (Å²) in [5.41, 5.74) is 4.92. The summed E-state index contributed by atoms with van der Waals surface area (Å²) in [4.78, 5) is 15.1. The first-order valence-electron chi connectivity index (χ1n) is 10.6. The Kier molecular flexibility index (Phi) is 7.16. The highest BCUT2D eigenvalue weighted by molar-refractivity contribution is 6.42. The molecule has 1 amide bonds. The molecule has 3 atom stereocenters. The highest BCUT2D eigenvalue weighted by Gasteiger charge is 2.49. The Morgan fingerprint density at radius 3 is 2.70 bits per heavy atom. The maximum atomic E-state index is 12.7. The fraction of sp³-hybridized carbons (Fsp3) is 0.480. The number of nitrogens with zero attached hydrogens (tertiary/aromatic N) is 1. The largest absolute Gasteiger partial charge is 0.355 e. The molecule has 1 heterocycles. The molecule has 0 radical (unpaired) electrons. The number of nitrogens with one attached hydrogen (secondary N) is 1. The van der Waals surface area contributed by atoms with E-state index >= 15 is 0 Å². The number of hydrogen-bond donors (Lipinski definition) is 1. The molecule has 3 rings (SSSR count). The van der Waals surface area contributed by atoms with Crippen LogP contribution in [0.25, 0.3) is 0 Å². The van der Waals surface area contributed by atoms with Gasteiger partial charge in [-0.3, -0.25) is 4.79 Å². The van der Waals surface area contributed by atoms with Crippen molar-refractivity contribution in [3.63, 3.8) is 0 Å². The van der Waals surface area contributed by atoms with Crippen LogP contribution in [0.15, 0.2) is 53.6 Å². The standard InChI is InChI=1S/C25H32Cl2N2O/c1-6-18-14-23-20(25(4,9-10-29(23)5)19(18)11-16(2)3)15-28-24(30)13-17-7-8-21(26)22(27)12-17/h6-8,11-12,20,23H,1,9-10,13-15H2,2-5H3,(H,28,30). The van der Waals surface area contributed by atoms with Gasteiger partial charge in [0.15, 0.2) is 0 Å². The van der Waals surface area contributed by atoms with E-state index in [0.717, 1.165) is 24.9 Å². The van der Waals surface area contributed by atoms with Crippen LogP contribution in [0.2, 0.25) is 10.0 Å². The Morgan fingerprint density at radius 1 is 1.33 bits per heavy atom. The molecule has 1 aliphatic heterocycles. The molecule has 1 fully saturated rings. The summed E-state index contributed by atoms with van der Waals surface area (Å²) < 4.78 is 0. The molecule has 30 heavy (non-hydrogen) atoms. The van der Waals surface area contributed by atoms with Crippen LogP contribution in [-0.2, 0) is 11.2 Å². The van der Waals surface area contributed by atoms with Crippen LogP contribution in [0.1, 0.15) is 39.2 Å². The van der Waals surface area contributed by atoms with E-state index in [4.69, 9.17) is 23.2 Å². The Labute approximate surface area is 190 Å². The lowest BCUT2D eigenvalue weighted by molar-refractivity contribution is -0.121. The highest BCUT2D eigenvalue weighted by atomic mass is 35.5. The van der Waals surface area contributed by atoms with Gasteiger partial charge in [0, 0.05) is 18.5 Å². The minimum Gasteiger partial charge on any atom is -0.355 e. The molecule has 1 saturated heterocycles. The summed E-state index contributed by atoms with van der Waals surface area (Å²) in [5.74, 6) is 0.364. The van der Waals surface area contributed by atoms with E-state index in [0.29, 0.717) is 35.0 Å². The summed E-state index contributed by atoms with van der Waals surface area (Å²) >= 11 is 12.1. The second-order valence-electron chi connectivity index (χ2n) is 9.12. The Bertz CT molecular complexity index is 900. The Morgan fingerprint density at radius 2 is 2.07 bits per heavy atom. The van der Waals surface area contributed by atoms with E-state index in [1.54, 1.807) is 12.1 Å². The Hall–Kier alpha value is -1.55. The SMILES string of the molecule is C=CC1=C(C=C(C)C)C2(C)CCN(C)C(C1)C2CNC(=O)Cc1ccc(Cl)c(Cl)c1. The van der Waals surface area contributed by atoms with Crippen LogP contribution < -0.4 is 5.32 Å². The molecule has 162 valence electrons. The van der Waals surface area contributed by atoms with Crippen LogP contribution in [0.4, 0.5) is 0 Å². The topological polar surface area (TPSA) is 32.3 Å². The number of hydrogen-bond acceptors (Lipinski definition) is 2. The normalized spacial score (nSPS) is 26.3. The molecule has 3 unspecified atom stereocenters. The van der Waals surface area contributed by atoms with Gasteiger partial charge in [-0.1, -0.05) is 60.5 Å². The van der Waals surface area contributed by atoms with Gasteiger partial charge in [0.25, 0.3) is 0 Å². The van der Waals surface area contributed by atoms with Crippen molar-refractivity contribution in [3.05, 3.63) is 69.3 Å².